The summed E-state index contributed by atoms with van der Waals surface area (Å²) in [5.74, 6) is -0.136. The van der Waals surface area contributed by atoms with Gasteiger partial charge in [0.25, 0.3) is 0 Å². The highest BCUT2D eigenvalue weighted by molar-refractivity contribution is 5.77. The van der Waals surface area contributed by atoms with Crippen LogP contribution < -0.4 is 0 Å². The molecule has 0 aromatic carbocycles. The van der Waals surface area contributed by atoms with Crippen LogP contribution in [0.4, 0.5) is 0 Å². The molecule has 1 amide bonds. The minimum atomic E-state index is -0.264. The molecule has 0 rings (SSSR count). The second kappa shape index (κ2) is 8.26. The van der Waals surface area contributed by atoms with Crippen molar-refractivity contribution in [3.8, 4) is 0 Å². The molecule has 0 fully saturated rings. The zero-order valence-electron chi connectivity index (χ0n) is 9.91. The summed E-state index contributed by atoms with van der Waals surface area (Å²) < 4.78 is 4.54. The smallest absolute Gasteiger partial charge is 0.307 e. The summed E-state index contributed by atoms with van der Waals surface area (Å²) in [6, 6.07) is 0. The maximum absolute atomic E-state index is 11.6. The van der Waals surface area contributed by atoms with Gasteiger partial charge in [0.15, 0.2) is 0 Å². The molecule has 0 aliphatic heterocycles. The van der Waals surface area contributed by atoms with E-state index >= 15 is 0 Å². The lowest BCUT2D eigenvalue weighted by molar-refractivity contribution is -0.141. The average Bonchev–Trinajstić information content (AvgIpc) is 2.23. The molecule has 0 radical (unpaired) electrons. The summed E-state index contributed by atoms with van der Waals surface area (Å²) in [6.07, 6.45) is 2.60. The van der Waals surface area contributed by atoms with E-state index in [1.807, 2.05) is 13.8 Å². The molecular weight excluding hydrogens is 194 g/mol. The number of esters is 1. The monoisotopic (exact) mass is 215 g/mol. The minimum Gasteiger partial charge on any atom is -0.469 e. The Morgan fingerprint density at radius 1 is 1.07 bits per heavy atom. The van der Waals surface area contributed by atoms with Gasteiger partial charge in [0.05, 0.1) is 13.5 Å². The van der Waals surface area contributed by atoms with Gasteiger partial charge in [-0.1, -0.05) is 13.8 Å². The molecule has 0 N–H and O–H groups in total. The number of hydrogen-bond acceptors (Lipinski definition) is 3. The van der Waals surface area contributed by atoms with Gasteiger partial charge in [0.1, 0.15) is 0 Å². The SMILES string of the molecule is CCCC(=O)N(CCC)CCC(=O)OC. The van der Waals surface area contributed by atoms with Gasteiger partial charge in [-0.25, -0.2) is 0 Å². The topological polar surface area (TPSA) is 46.6 Å². The quantitative estimate of drug-likeness (QED) is 0.606. The van der Waals surface area contributed by atoms with E-state index in [0.29, 0.717) is 13.0 Å². The van der Waals surface area contributed by atoms with E-state index in [1.165, 1.54) is 7.11 Å². The van der Waals surface area contributed by atoms with Gasteiger partial charge < -0.3 is 9.64 Å². The highest BCUT2D eigenvalue weighted by atomic mass is 16.5. The van der Waals surface area contributed by atoms with E-state index in [1.54, 1.807) is 4.90 Å². The third kappa shape index (κ3) is 6.10. The van der Waals surface area contributed by atoms with Gasteiger partial charge in [-0.05, 0) is 12.8 Å². The van der Waals surface area contributed by atoms with Gasteiger partial charge in [0, 0.05) is 19.5 Å². The fourth-order valence-electron chi connectivity index (χ4n) is 1.33. The molecule has 0 aliphatic carbocycles. The zero-order valence-corrected chi connectivity index (χ0v) is 9.91. The van der Waals surface area contributed by atoms with E-state index in [2.05, 4.69) is 4.74 Å². The number of carbonyl (C=O) groups excluding carboxylic acids is 2. The zero-order chi connectivity index (χ0) is 11.7. The maximum atomic E-state index is 11.6. The summed E-state index contributed by atoms with van der Waals surface area (Å²) in [5, 5.41) is 0. The summed E-state index contributed by atoms with van der Waals surface area (Å²) in [4.78, 5) is 24.3. The lowest BCUT2D eigenvalue weighted by atomic mass is 10.2. The molecule has 0 atom stereocenters. The van der Waals surface area contributed by atoms with E-state index in [-0.39, 0.29) is 18.3 Å². The molecule has 0 spiro atoms. The molecule has 0 aliphatic rings. The molecule has 88 valence electrons. The lowest BCUT2D eigenvalue weighted by Gasteiger charge is -2.21. The Labute approximate surface area is 91.6 Å². The Bertz CT molecular complexity index is 204. The number of hydrogen-bond donors (Lipinski definition) is 0. The minimum absolute atomic E-state index is 0.128. The summed E-state index contributed by atoms with van der Waals surface area (Å²) >= 11 is 0. The third-order valence-electron chi connectivity index (χ3n) is 2.12. The van der Waals surface area contributed by atoms with Gasteiger partial charge in [-0.3, -0.25) is 9.59 Å². The molecule has 15 heavy (non-hydrogen) atoms. The second-order valence-corrected chi connectivity index (χ2v) is 3.46. The number of amides is 1. The van der Waals surface area contributed by atoms with Crippen LogP contribution in [0.1, 0.15) is 39.5 Å². The highest BCUT2D eigenvalue weighted by Crippen LogP contribution is 2.01. The van der Waals surface area contributed by atoms with Crippen molar-refractivity contribution in [2.45, 2.75) is 39.5 Å². The average molecular weight is 215 g/mol. The van der Waals surface area contributed by atoms with Crippen molar-refractivity contribution < 1.29 is 14.3 Å². The molecule has 0 aromatic rings. The molecule has 4 nitrogen and oxygen atoms in total. The molecule has 0 unspecified atom stereocenters. The van der Waals surface area contributed by atoms with E-state index in [4.69, 9.17) is 0 Å². The fourth-order valence-corrected chi connectivity index (χ4v) is 1.33. The third-order valence-corrected chi connectivity index (χ3v) is 2.12. The molecule has 0 saturated carbocycles. The number of nitrogens with zero attached hydrogens (tertiary/aromatic N) is 1. The van der Waals surface area contributed by atoms with E-state index < -0.39 is 0 Å². The summed E-state index contributed by atoms with van der Waals surface area (Å²) in [6.45, 7) is 5.18. The summed E-state index contributed by atoms with van der Waals surface area (Å²) in [5.41, 5.74) is 0. The standard InChI is InChI=1S/C11H21NO3/c1-4-6-10(13)12(8-5-2)9-7-11(14)15-3/h4-9H2,1-3H3. The Morgan fingerprint density at radius 2 is 1.73 bits per heavy atom. The van der Waals surface area contributed by atoms with Crippen molar-refractivity contribution in [3.63, 3.8) is 0 Å². The molecular formula is C11H21NO3. The van der Waals surface area contributed by atoms with Gasteiger partial charge in [-0.15, -0.1) is 0 Å². The van der Waals surface area contributed by atoms with Crippen molar-refractivity contribution in [1.29, 1.82) is 0 Å². The van der Waals surface area contributed by atoms with Crippen molar-refractivity contribution in [2.24, 2.45) is 0 Å². The molecule has 0 aromatic heterocycles. The summed E-state index contributed by atoms with van der Waals surface area (Å²) in [7, 11) is 1.36. The van der Waals surface area contributed by atoms with Crippen LogP contribution in [0.2, 0.25) is 0 Å². The molecule has 0 saturated heterocycles. The Morgan fingerprint density at radius 3 is 2.20 bits per heavy atom. The predicted octanol–water partition coefficient (Wildman–Crippen LogP) is 1.59. The van der Waals surface area contributed by atoms with Crippen molar-refractivity contribution in [2.75, 3.05) is 20.2 Å². The number of methoxy groups -OCH3 is 1. The first-order chi connectivity index (χ1) is 7.15. The van der Waals surface area contributed by atoms with Crippen LogP contribution in [0.3, 0.4) is 0 Å². The van der Waals surface area contributed by atoms with Crippen molar-refractivity contribution in [3.05, 3.63) is 0 Å². The van der Waals surface area contributed by atoms with Crippen LogP contribution in [-0.2, 0) is 14.3 Å². The maximum Gasteiger partial charge on any atom is 0.307 e. The fraction of sp³-hybridized carbons (Fsp3) is 0.818. The predicted molar refractivity (Wildman–Crippen MR) is 58.4 cm³/mol. The first kappa shape index (κ1) is 13.9. The molecule has 4 heteroatoms. The van der Waals surface area contributed by atoms with Gasteiger partial charge in [-0.2, -0.15) is 0 Å². The lowest BCUT2D eigenvalue weighted by Crippen LogP contribution is -2.33. The highest BCUT2D eigenvalue weighted by Gasteiger charge is 2.13. The van der Waals surface area contributed by atoms with Crippen molar-refractivity contribution in [1.82, 2.24) is 4.90 Å². The Kier molecular flexibility index (Phi) is 7.68. The van der Waals surface area contributed by atoms with Crippen LogP contribution in [0.25, 0.3) is 0 Å². The second-order valence-electron chi connectivity index (χ2n) is 3.46. The first-order valence-electron chi connectivity index (χ1n) is 5.50. The van der Waals surface area contributed by atoms with Crippen LogP contribution >= 0.6 is 0 Å². The largest absolute Gasteiger partial charge is 0.469 e. The first-order valence-corrected chi connectivity index (χ1v) is 5.50. The normalized spacial score (nSPS) is 9.80. The van der Waals surface area contributed by atoms with Gasteiger partial charge in [0.2, 0.25) is 5.91 Å². The van der Waals surface area contributed by atoms with Crippen LogP contribution in [-0.4, -0.2) is 37.0 Å². The van der Waals surface area contributed by atoms with E-state index in [9.17, 15) is 9.59 Å². The van der Waals surface area contributed by atoms with Crippen LogP contribution in [0.15, 0.2) is 0 Å². The Balaban J connectivity index is 4.02. The van der Waals surface area contributed by atoms with Gasteiger partial charge >= 0.3 is 5.97 Å². The molecule has 0 bridgehead atoms. The van der Waals surface area contributed by atoms with Crippen molar-refractivity contribution >= 4 is 11.9 Å². The number of rotatable bonds is 7. The number of ether oxygens (including phenoxy) is 1. The molecule has 0 heterocycles. The Hall–Kier alpha value is -1.06. The number of carbonyl (C=O) groups is 2. The van der Waals surface area contributed by atoms with E-state index in [0.717, 1.165) is 19.4 Å². The van der Waals surface area contributed by atoms with Crippen LogP contribution in [0, 0.1) is 0 Å². The van der Waals surface area contributed by atoms with Crippen LogP contribution in [0.5, 0.6) is 0 Å².